The zero-order valence-corrected chi connectivity index (χ0v) is 13.8. The highest BCUT2D eigenvalue weighted by molar-refractivity contribution is 14.1. The molecule has 1 N–H and O–H groups in total. The highest BCUT2D eigenvalue weighted by atomic mass is 127. The van der Waals surface area contributed by atoms with Crippen molar-refractivity contribution in [1.82, 2.24) is 15.0 Å². The average molecular weight is 390 g/mol. The van der Waals surface area contributed by atoms with Crippen LogP contribution in [-0.4, -0.2) is 21.5 Å². The minimum atomic E-state index is 0.729. The normalized spacial score (nSPS) is 10.8. The lowest BCUT2D eigenvalue weighted by molar-refractivity contribution is 0.963. The molecule has 0 aliphatic heterocycles. The molecule has 0 aliphatic rings. The number of aromatic nitrogens is 3. The maximum atomic E-state index is 4.67. The second-order valence-corrected chi connectivity index (χ2v) is 5.85. The summed E-state index contributed by atoms with van der Waals surface area (Å²) in [6.07, 6.45) is 4.72. The number of para-hydroxylation sites is 1. The Morgan fingerprint density at radius 3 is 2.86 bits per heavy atom. The number of pyridine rings is 1. The van der Waals surface area contributed by atoms with Crippen LogP contribution in [0.2, 0.25) is 0 Å². The topological polar surface area (TPSA) is 50.7 Å². The summed E-state index contributed by atoms with van der Waals surface area (Å²) in [6.45, 7) is 3.04. The summed E-state index contributed by atoms with van der Waals surface area (Å²) < 4.78 is 1.03. The lowest BCUT2D eigenvalue weighted by Gasteiger charge is -2.09. The Kier molecular flexibility index (Phi) is 4.28. The molecule has 0 saturated heterocycles. The molecule has 3 aromatic rings. The highest BCUT2D eigenvalue weighted by Crippen LogP contribution is 2.26. The fraction of sp³-hybridized carbons (Fsp3) is 0.188. The van der Waals surface area contributed by atoms with E-state index < -0.39 is 0 Å². The van der Waals surface area contributed by atoms with Crippen molar-refractivity contribution in [2.45, 2.75) is 13.3 Å². The van der Waals surface area contributed by atoms with E-state index in [9.17, 15) is 0 Å². The lowest BCUT2D eigenvalue weighted by atomic mass is 10.1. The number of rotatable bonds is 4. The molecule has 1 aromatic carbocycles. The van der Waals surface area contributed by atoms with Gasteiger partial charge in [0.15, 0.2) is 5.82 Å². The van der Waals surface area contributed by atoms with Gasteiger partial charge in [-0.15, -0.1) is 0 Å². The van der Waals surface area contributed by atoms with Crippen LogP contribution in [0.1, 0.15) is 13.3 Å². The quantitative estimate of drug-likeness (QED) is 0.681. The first kappa shape index (κ1) is 14.2. The number of fused-ring (bicyclic) bond motifs is 1. The predicted octanol–water partition coefficient (Wildman–Crippen LogP) is 4.12. The molecule has 2 heterocycles. The number of halogens is 1. The molecule has 0 radical (unpaired) electrons. The molecule has 5 heteroatoms. The number of nitrogens with zero attached hydrogens (tertiary/aromatic N) is 3. The Balaban J connectivity index is 2.10. The molecule has 3 rings (SSSR count). The fourth-order valence-electron chi connectivity index (χ4n) is 2.16. The smallest absolute Gasteiger partial charge is 0.162 e. The van der Waals surface area contributed by atoms with Crippen molar-refractivity contribution in [3.05, 3.63) is 46.3 Å². The second-order valence-electron chi connectivity index (χ2n) is 4.69. The van der Waals surface area contributed by atoms with Crippen LogP contribution in [0.15, 0.2) is 42.7 Å². The van der Waals surface area contributed by atoms with Crippen LogP contribution in [0.5, 0.6) is 0 Å². The minimum absolute atomic E-state index is 0.729. The standard InChI is InChI=1S/C16H15IN4/c1-2-8-19-16-13(17)10-20-15(21-16)12-7-9-18-14-6-4-3-5-11(12)14/h3-7,9-10H,2,8H2,1H3,(H,19,20,21). The molecule has 106 valence electrons. The molecular formula is C16H15IN4. The van der Waals surface area contributed by atoms with Crippen LogP contribution in [0.25, 0.3) is 22.3 Å². The van der Waals surface area contributed by atoms with E-state index in [0.717, 1.165) is 44.6 Å². The zero-order chi connectivity index (χ0) is 14.7. The van der Waals surface area contributed by atoms with E-state index in [-0.39, 0.29) is 0 Å². The fourth-order valence-corrected chi connectivity index (χ4v) is 2.61. The summed E-state index contributed by atoms with van der Waals surface area (Å²) in [4.78, 5) is 13.5. The van der Waals surface area contributed by atoms with Gasteiger partial charge in [-0.2, -0.15) is 0 Å². The van der Waals surface area contributed by atoms with E-state index in [1.54, 1.807) is 6.20 Å². The monoisotopic (exact) mass is 390 g/mol. The van der Waals surface area contributed by atoms with Crippen molar-refractivity contribution in [2.24, 2.45) is 0 Å². The molecule has 0 spiro atoms. The largest absolute Gasteiger partial charge is 0.369 e. The maximum absolute atomic E-state index is 4.67. The number of benzene rings is 1. The van der Waals surface area contributed by atoms with Crippen LogP contribution in [0, 0.1) is 3.57 Å². The summed E-state index contributed by atoms with van der Waals surface area (Å²) in [5, 5.41) is 4.42. The third kappa shape index (κ3) is 2.97. The zero-order valence-electron chi connectivity index (χ0n) is 11.7. The Bertz CT molecular complexity index is 768. The van der Waals surface area contributed by atoms with Crippen molar-refractivity contribution >= 4 is 39.3 Å². The van der Waals surface area contributed by atoms with Gasteiger partial charge >= 0.3 is 0 Å². The van der Waals surface area contributed by atoms with E-state index >= 15 is 0 Å². The van der Waals surface area contributed by atoms with E-state index in [1.165, 1.54) is 0 Å². The van der Waals surface area contributed by atoms with E-state index in [0.29, 0.717) is 0 Å². The molecule has 2 aromatic heterocycles. The number of nitrogens with one attached hydrogen (secondary N) is 1. The molecule has 0 amide bonds. The van der Waals surface area contributed by atoms with Crippen molar-refractivity contribution in [3.8, 4) is 11.4 Å². The molecule has 0 unspecified atom stereocenters. The van der Waals surface area contributed by atoms with Gasteiger partial charge < -0.3 is 5.32 Å². The van der Waals surface area contributed by atoms with Gasteiger partial charge in [-0.3, -0.25) is 4.98 Å². The molecule has 0 saturated carbocycles. The maximum Gasteiger partial charge on any atom is 0.162 e. The number of anilines is 1. The average Bonchev–Trinajstić information content (AvgIpc) is 2.54. The van der Waals surface area contributed by atoms with Crippen LogP contribution < -0.4 is 5.32 Å². The van der Waals surface area contributed by atoms with Gasteiger partial charge in [-0.1, -0.05) is 25.1 Å². The van der Waals surface area contributed by atoms with Crippen molar-refractivity contribution < 1.29 is 0 Å². The molecule has 0 atom stereocenters. The van der Waals surface area contributed by atoms with E-state index in [1.807, 2.05) is 30.5 Å². The summed E-state index contributed by atoms with van der Waals surface area (Å²) in [5.41, 5.74) is 1.97. The predicted molar refractivity (Wildman–Crippen MR) is 94.3 cm³/mol. The Hall–Kier alpha value is -1.76. The van der Waals surface area contributed by atoms with E-state index in [4.69, 9.17) is 0 Å². The molecule has 0 aliphatic carbocycles. The van der Waals surface area contributed by atoms with Crippen molar-refractivity contribution in [1.29, 1.82) is 0 Å². The first-order chi connectivity index (χ1) is 10.3. The highest BCUT2D eigenvalue weighted by Gasteiger charge is 2.09. The van der Waals surface area contributed by atoms with Crippen LogP contribution in [-0.2, 0) is 0 Å². The third-order valence-electron chi connectivity index (χ3n) is 3.18. The van der Waals surface area contributed by atoms with Crippen LogP contribution in [0.4, 0.5) is 5.82 Å². The third-order valence-corrected chi connectivity index (χ3v) is 3.97. The summed E-state index contributed by atoms with van der Waals surface area (Å²) >= 11 is 2.25. The second kappa shape index (κ2) is 6.34. The first-order valence-corrected chi connectivity index (χ1v) is 7.98. The SMILES string of the molecule is CCCNc1nc(-c2ccnc3ccccc23)ncc1I. The summed E-state index contributed by atoms with van der Waals surface area (Å²) in [6, 6.07) is 10.0. The van der Waals surface area contributed by atoms with Gasteiger partial charge in [0, 0.05) is 29.9 Å². The minimum Gasteiger partial charge on any atom is -0.369 e. The number of hydrogen-bond acceptors (Lipinski definition) is 4. The van der Waals surface area contributed by atoms with Gasteiger partial charge in [0.1, 0.15) is 5.82 Å². The number of hydrogen-bond donors (Lipinski definition) is 1. The van der Waals surface area contributed by atoms with Crippen LogP contribution >= 0.6 is 22.6 Å². The lowest BCUT2D eigenvalue weighted by Crippen LogP contribution is -2.05. The van der Waals surface area contributed by atoms with Crippen molar-refractivity contribution in [3.63, 3.8) is 0 Å². The molecule has 4 nitrogen and oxygen atoms in total. The molecule has 0 fully saturated rings. The first-order valence-electron chi connectivity index (χ1n) is 6.90. The van der Waals surface area contributed by atoms with Gasteiger partial charge in [0.05, 0.1) is 9.09 Å². The molecule has 21 heavy (non-hydrogen) atoms. The van der Waals surface area contributed by atoms with Gasteiger partial charge in [0.25, 0.3) is 0 Å². The Labute approximate surface area is 137 Å². The summed E-state index contributed by atoms with van der Waals surface area (Å²) in [5.74, 6) is 1.62. The summed E-state index contributed by atoms with van der Waals surface area (Å²) in [7, 11) is 0. The van der Waals surface area contributed by atoms with E-state index in [2.05, 4.69) is 55.8 Å². The molecular weight excluding hydrogens is 375 g/mol. The van der Waals surface area contributed by atoms with Crippen molar-refractivity contribution in [2.75, 3.05) is 11.9 Å². The van der Waals surface area contributed by atoms with Gasteiger partial charge in [0.2, 0.25) is 0 Å². The van der Waals surface area contributed by atoms with Crippen LogP contribution in [0.3, 0.4) is 0 Å². The Morgan fingerprint density at radius 2 is 2.00 bits per heavy atom. The van der Waals surface area contributed by atoms with Gasteiger partial charge in [-0.25, -0.2) is 9.97 Å². The molecule has 0 bridgehead atoms. The Morgan fingerprint density at radius 1 is 1.14 bits per heavy atom. The van der Waals surface area contributed by atoms with Gasteiger partial charge in [-0.05, 0) is 41.1 Å².